The maximum absolute atomic E-state index is 10.3. The number of nitrogens with zero attached hydrogens (tertiary/aromatic N) is 1. The second kappa shape index (κ2) is 4.83. The van der Waals surface area contributed by atoms with E-state index in [1.165, 1.54) is 13.3 Å². The molecule has 1 heterocycles. The van der Waals surface area contributed by atoms with E-state index in [-0.39, 0.29) is 6.54 Å². The minimum absolute atomic E-state index is 0.218. The van der Waals surface area contributed by atoms with Crippen LogP contribution in [0.15, 0.2) is 10.7 Å². The number of halogens is 1. The van der Waals surface area contributed by atoms with Gasteiger partial charge in [0.05, 0.1) is 24.7 Å². The lowest BCUT2D eigenvalue weighted by atomic mass is 10.3. The predicted octanol–water partition coefficient (Wildman–Crippen LogP) is 0.931. The van der Waals surface area contributed by atoms with Gasteiger partial charge in [0.15, 0.2) is 0 Å². The first-order chi connectivity index (χ1) is 7.06. The second-order valence-corrected chi connectivity index (χ2v) is 3.45. The second-order valence-electron chi connectivity index (χ2n) is 2.66. The molecule has 82 valence electrons. The Morgan fingerprint density at radius 1 is 1.80 bits per heavy atom. The van der Waals surface area contributed by atoms with E-state index in [2.05, 4.69) is 26.2 Å². The Bertz CT molecular complexity index is 384. The molecule has 0 aliphatic rings. The fraction of sp³-hybridized carbons (Fsp3) is 0.250. The number of hydrogen-bond donors (Lipinski definition) is 3. The molecule has 1 aromatic heterocycles. The summed E-state index contributed by atoms with van der Waals surface area (Å²) in [5.41, 5.74) is 6.54. The highest BCUT2D eigenvalue weighted by atomic mass is 79.9. The van der Waals surface area contributed by atoms with Crippen molar-refractivity contribution in [3.63, 3.8) is 0 Å². The van der Waals surface area contributed by atoms with E-state index in [4.69, 9.17) is 15.6 Å². The van der Waals surface area contributed by atoms with Crippen LogP contribution in [0.25, 0.3) is 0 Å². The third kappa shape index (κ3) is 2.72. The largest absolute Gasteiger partial charge is 0.480 e. The number of aliphatic carboxylic acids is 1. The van der Waals surface area contributed by atoms with Crippen molar-refractivity contribution in [2.75, 3.05) is 24.7 Å². The van der Waals surface area contributed by atoms with E-state index in [1.54, 1.807) is 0 Å². The van der Waals surface area contributed by atoms with E-state index in [1.807, 2.05) is 0 Å². The summed E-state index contributed by atoms with van der Waals surface area (Å²) in [6, 6.07) is 0. The van der Waals surface area contributed by atoms with Crippen LogP contribution in [0.1, 0.15) is 0 Å². The molecule has 1 rings (SSSR count). The third-order valence-corrected chi connectivity index (χ3v) is 2.42. The topological polar surface area (TPSA) is 97.5 Å². The molecule has 15 heavy (non-hydrogen) atoms. The first-order valence-corrected chi connectivity index (χ1v) is 4.79. The van der Waals surface area contributed by atoms with Gasteiger partial charge < -0.3 is 20.9 Å². The molecule has 0 aromatic carbocycles. The highest BCUT2D eigenvalue weighted by Crippen LogP contribution is 2.33. The summed E-state index contributed by atoms with van der Waals surface area (Å²) < 4.78 is 5.42. The molecular weight excluding hydrogens is 266 g/mol. The maximum atomic E-state index is 10.3. The summed E-state index contributed by atoms with van der Waals surface area (Å²) in [7, 11) is 1.47. The number of nitrogens with two attached hydrogens (primary N) is 1. The Morgan fingerprint density at radius 3 is 3.00 bits per heavy atom. The molecule has 7 heteroatoms. The van der Waals surface area contributed by atoms with E-state index in [0.29, 0.717) is 21.7 Å². The molecule has 0 fully saturated rings. The van der Waals surface area contributed by atoms with Crippen LogP contribution in [0.5, 0.6) is 5.88 Å². The summed E-state index contributed by atoms with van der Waals surface area (Å²) in [5.74, 6) is -0.616. The van der Waals surface area contributed by atoms with Gasteiger partial charge >= 0.3 is 5.97 Å². The average Bonchev–Trinajstić information content (AvgIpc) is 2.20. The van der Waals surface area contributed by atoms with Gasteiger partial charge in [0.1, 0.15) is 11.0 Å². The molecule has 6 nitrogen and oxygen atoms in total. The van der Waals surface area contributed by atoms with Crippen LogP contribution in [0.4, 0.5) is 11.4 Å². The Kier molecular flexibility index (Phi) is 3.73. The lowest BCUT2D eigenvalue weighted by Gasteiger charge is -2.10. The number of nitrogens with one attached hydrogen (secondary N) is 1. The van der Waals surface area contributed by atoms with Crippen molar-refractivity contribution in [2.24, 2.45) is 0 Å². The summed E-state index contributed by atoms with van der Waals surface area (Å²) in [5, 5.41) is 11.1. The number of pyridine rings is 1. The summed E-state index contributed by atoms with van der Waals surface area (Å²) in [6.45, 7) is -0.218. The maximum Gasteiger partial charge on any atom is 0.322 e. The van der Waals surface area contributed by atoms with Crippen LogP contribution in [0.3, 0.4) is 0 Å². The smallest absolute Gasteiger partial charge is 0.322 e. The van der Waals surface area contributed by atoms with Crippen molar-refractivity contribution in [2.45, 2.75) is 0 Å². The normalized spacial score (nSPS) is 9.73. The summed E-state index contributed by atoms with van der Waals surface area (Å²) in [6.07, 6.45) is 1.42. The molecule has 0 radical (unpaired) electrons. The third-order valence-electron chi connectivity index (χ3n) is 1.65. The van der Waals surface area contributed by atoms with Crippen molar-refractivity contribution in [3.05, 3.63) is 10.7 Å². The number of anilines is 2. The molecule has 0 amide bonds. The number of methoxy groups -OCH3 is 1. The highest BCUT2D eigenvalue weighted by Gasteiger charge is 2.10. The zero-order chi connectivity index (χ0) is 11.4. The molecule has 0 unspecified atom stereocenters. The monoisotopic (exact) mass is 275 g/mol. The summed E-state index contributed by atoms with van der Waals surface area (Å²) >= 11 is 3.20. The minimum atomic E-state index is -0.971. The lowest BCUT2D eigenvalue weighted by Crippen LogP contribution is -2.14. The zero-order valence-electron chi connectivity index (χ0n) is 7.95. The quantitative estimate of drug-likeness (QED) is 0.756. The van der Waals surface area contributed by atoms with E-state index < -0.39 is 5.97 Å². The SMILES string of the molecule is COc1ncc(NCC(=O)O)c(N)c1Br. The molecule has 0 aliphatic carbocycles. The fourth-order valence-electron chi connectivity index (χ4n) is 0.937. The Labute approximate surface area is 94.6 Å². The van der Waals surface area contributed by atoms with Gasteiger partial charge in [-0.15, -0.1) is 0 Å². The molecule has 0 atom stereocenters. The van der Waals surface area contributed by atoms with Crippen LogP contribution in [0.2, 0.25) is 0 Å². The number of carbonyl (C=O) groups is 1. The molecule has 0 spiro atoms. The van der Waals surface area contributed by atoms with Crippen molar-refractivity contribution in [1.29, 1.82) is 0 Å². The molecule has 0 saturated heterocycles. The number of hydrogen-bond acceptors (Lipinski definition) is 5. The van der Waals surface area contributed by atoms with Gasteiger partial charge in [0.2, 0.25) is 5.88 Å². The van der Waals surface area contributed by atoms with Gasteiger partial charge in [-0.2, -0.15) is 0 Å². The van der Waals surface area contributed by atoms with E-state index in [0.717, 1.165) is 0 Å². The molecule has 0 bridgehead atoms. The van der Waals surface area contributed by atoms with Crippen LogP contribution in [0, 0.1) is 0 Å². The van der Waals surface area contributed by atoms with Gasteiger partial charge in [0, 0.05) is 0 Å². The number of carboxylic acids is 1. The van der Waals surface area contributed by atoms with Gasteiger partial charge in [0.25, 0.3) is 0 Å². The van der Waals surface area contributed by atoms with Gasteiger partial charge in [-0.25, -0.2) is 4.98 Å². The fourth-order valence-corrected chi connectivity index (χ4v) is 1.41. The first-order valence-electron chi connectivity index (χ1n) is 4.00. The lowest BCUT2D eigenvalue weighted by molar-refractivity contribution is -0.134. The Balaban J connectivity index is 2.91. The minimum Gasteiger partial charge on any atom is -0.480 e. The van der Waals surface area contributed by atoms with Gasteiger partial charge in [-0.3, -0.25) is 4.79 Å². The molecule has 0 saturated carbocycles. The van der Waals surface area contributed by atoms with Crippen molar-refractivity contribution < 1.29 is 14.6 Å². The standard InChI is InChI=1S/C8H10BrN3O3/c1-15-8-6(9)7(10)4(2-12-8)11-3-5(13)14/h2,11H,3H2,1H3,(H2,10,12)(H,13,14). The Morgan fingerprint density at radius 2 is 2.47 bits per heavy atom. The van der Waals surface area contributed by atoms with Gasteiger partial charge in [-0.05, 0) is 15.9 Å². The van der Waals surface area contributed by atoms with Crippen molar-refractivity contribution in [1.82, 2.24) is 4.98 Å². The number of ether oxygens (including phenoxy) is 1. The van der Waals surface area contributed by atoms with Crippen LogP contribution in [-0.2, 0) is 4.79 Å². The van der Waals surface area contributed by atoms with E-state index >= 15 is 0 Å². The molecule has 4 N–H and O–H groups in total. The molecular formula is C8H10BrN3O3. The summed E-state index contributed by atoms with van der Waals surface area (Å²) in [4.78, 5) is 14.3. The molecule has 1 aromatic rings. The van der Waals surface area contributed by atoms with Gasteiger partial charge in [-0.1, -0.05) is 0 Å². The van der Waals surface area contributed by atoms with Crippen molar-refractivity contribution in [3.8, 4) is 5.88 Å². The number of carboxylic acid groups (broad SMARTS) is 1. The van der Waals surface area contributed by atoms with E-state index in [9.17, 15) is 4.79 Å². The zero-order valence-corrected chi connectivity index (χ0v) is 9.54. The number of rotatable bonds is 4. The van der Waals surface area contributed by atoms with Crippen molar-refractivity contribution >= 4 is 33.3 Å². The average molecular weight is 276 g/mol. The van der Waals surface area contributed by atoms with Crippen LogP contribution >= 0.6 is 15.9 Å². The van der Waals surface area contributed by atoms with Crippen LogP contribution in [-0.4, -0.2) is 29.7 Å². The highest BCUT2D eigenvalue weighted by molar-refractivity contribution is 9.10. The first kappa shape index (κ1) is 11.6. The number of nitrogen functional groups attached to an aromatic ring is 1. The van der Waals surface area contributed by atoms with Crippen LogP contribution < -0.4 is 15.8 Å². The predicted molar refractivity (Wildman–Crippen MR) is 59.0 cm³/mol. The molecule has 0 aliphatic heterocycles. The Hall–Kier alpha value is -1.50. The number of aromatic nitrogens is 1.